The number of rotatable bonds is 6. The van der Waals surface area contributed by atoms with Crippen molar-refractivity contribution in [2.45, 2.75) is 0 Å². The van der Waals surface area contributed by atoms with Gasteiger partial charge in [0, 0.05) is 12.4 Å². The fourth-order valence-corrected chi connectivity index (χ4v) is 2.83. The molecule has 0 radical (unpaired) electrons. The van der Waals surface area contributed by atoms with Gasteiger partial charge in [-0.1, -0.05) is 36.4 Å². The van der Waals surface area contributed by atoms with Gasteiger partial charge < -0.3 is 0 Å². The monoisotopic (exact) mass is 383 g/mol. The van der Waals surface area contributed by atoms with Crippen molar-refractivity contribution in [1.82, 2.24) is 0 Å². The lowest BCUT2D eigenvalue weighted by Crippen LogP contribution is -2.26. The molecule has 0 unspecified atom stereocenters. The predicted molar refractivity (Wildman–Crippen MR) is 102 cm³/mol. The van der Waals surface area contributed by atoms with Gasteiger partial charge in [0.05, 0.1) is 32.6 Å². The van der Waals surface area contributed by atoms with Gasteiger partial charge in [0.2, 0.25) is 5.69 Å². The van der Waals surface area contributed by atoms with Crippen molar-refractivity contribution in [3.05, 3.63) is 84.9 Å². The van der Waals surface area contributed by atoms with Crippen LogP contribution in [0.2, 0.25) is 0 Å². The Balaban J connectivity index is 2.13. The minimum atomic E-state index is -0.918. The molecule has 0 saturated heterocycles. The van der Waals surface area contributed by atoms with Crippen molar-refractivity contribution in [3.8, 4) is 0 Å². The van der Waals surface area contributed by atoms with Crippen LogP contribution in [0.5, 0.6) is 0 Å². The molecule has 1 N–H and O–H groups in total. The number of hydrogen-bond acceptors (Lipinski definition) is 8. The Labute approximate surface area is 157 Å². The van der Waals surface area contributed by atoms with Crippen molar-refractivity contribution in [3.63, 3.8) is 0 Å². The smallest absolute Gasteiger partial charge is 0.290 e. The first kappa shape index (κ1) is 18.5. The highest BCUT2D eigenvalue weighted by atomic mass is 16.6. The summed E-state index contributed by atoms with van der Waals surface area (Å²) in [5.74, 6) is 0. The maximum atomic E-state index is 11.4. The van der Waals surface area contributed by atoms with E-state index in [9.17, 15) is 30.3 Å². The van der Waals surface area contributed by atoms with Gasteiger partial charge in [-0.2, -0.15) is 0 Å². The summed E-state index contributed by atoms with van der Waals surface area (Å²) in [7, 11) is 1.54. The highest BCUT2D eigenvalue weighted by molar-refractivity contribution is 5.95. The molecule has 0 spiro atoms. The number of fused-ring (bicyclic) bond motifs is 1. The summed E-state index contributed by atoms with van der Waals surface area (Å²) in [6, 6.07) is 14.1. The van der Waals surface area contributed by atoms with Crippen LogP contribution in [0.3, 0.4) is 0 Å². The molecule has 0 aromatic heterocycles. The number of hydrogen-bond donors (Lipinski definition) is 1. The standard InChI is InChI=1S/C17H13N5O6/c1-19(14-8-4-6-11-5-2-3-7-13(11)14)18-17-15(21(25)26)9-12(20(23)24)10-16(17)22(27)28/h2-10,18H,1H3. The van der Waals surface area contributed by atoms with E-state index in [-0.39, 0.29) is 0 Å². The summed E-state index contributed by atoms with van der Waals surface area (Å²) in [5, 5.41) is 36.9. The first-order valence-corrected chi connectivity index (χ1v) is 7.89. The summed E-state index contributed by atoms with van der Waals surface area (Å²) in [4.78, 5) is 31.1. The van der Waals surface area contributed by atoms with Gasteiger partial charge in [0.1, 0.15) is 0 Å². The van der Waals surface area contributed by atoms with Crippen LogP contribution in [0, 0.1) is 30.3 Å². The first-order valence-electron chi connectivity index (χ1n) is 7.89. The van der Waals surface area contributed by atoms with Crippen LogP contribution in [-0.4, -0.2) is 21.8 Å². The second kappa shape index (κ2) is 7.15. The molecule has 3 rings (SSSR count). The molecule has 28 heavy (non-hydrogen) atoms. The van der Waals surface area contributed by atoms with Crippen molar-refractivity contribution in [2.24, 2.45) is 0 Å². The van der Waals surface area contributed by atoms with E-state index < -0.39 is 37.5 Å². The van der Waals surface area contributed by atoms with Crippen LogP contribution in [0.25, 0.3) is 10.8 Å². The molecule has 3 aromatic carbocycles. The lowest BCUT2D eigenvalue weighted by molar-refractivity contribution is -0.401. The summed E-state index contributed by atoms with van der Waals surface area (Å²) in [5.41, 5.74) is 0.527. The largest absolute Gasteiger partial charge is 0.308 e. The van der Waals surface area contributed by atoms with Gasteiger partial charge >= 0.3 is 11.4 Å². The normalized spacial score (nSPS) is 10.5. The van der Waals surface area contributed by atoms with E-state index in [0.29, 0.717) is 17.8 Å². The number of nitrogens with zero attached hydrogens (tertiary/aromatic N) is 4. The van der Waals surface area contributed by atoms with Crippen molar-refractivity contribution < 1.29 is 14.8 Å². The topological polar surface area (TPSA) is 145 Å². The maximum Gasteiger partial charge on any atom is 0.308 e. The molecule has 11 nitrogen and oxygen atoms in total. The van der Waals surface area contributed by atoms with Gasteiger partial charge in [0.25, 0.3) is 5.69 Å². The van der Waals surface area contributed by atoms with Gasteiger partial charge in [-0.25, -0.2) is 0 Å². The molecule has 0 saturated carbocycles. The molecule has 0 bridgehead atoms. The number of non-ortho nitro benzene ring substituents is 1. The summed E-state index contributed by atoms with van der Waals surface area (Å²) in [6.45, 7) is 0. The van der Waals surface area contributed by atoms with E-state index in [1.807, 2.05) is 30.3 Å². The van der Waals surface area contributed by atoms with E-state index >= 15 is 0 Å². The fraction of sp³-hybridized carbons (Fsp3) is 0.0588. The molecule has 0 amide bonds. The fourth-order valence-electron chi connectivity index (χ4n) is 2.83. The molecular formula is C17H13N5O6. The zero-order valence-corrected chi connectivity index (χ0v) is 14.4. The van der Waals surface area contributed by atoms with Crippen LogP contribution < -0.4 is 10.4 Å². The number of nitro groups is 3. The SMILES string of the molecule is CN(Nc1c([N+](=O)[O-])cc([N+](=O)[O-])cc1[N+](=O)[O-])c1cccc2ccccc12. The molecule has 0 atom stereocenters. The van der Waals surface area contributed by atoms with Gasteiger partial charge in [-0.3, -0.25) is 40.8 Å². The van der Waals surface area contributed by atoms with Crippen molar-refractivity contribution in [1.29, 1.82) is 0 Å². The van der Waals surface area contributed by atoms with E-state index in [2.05, 4.69) is 5.43 Å². The Hall–Kier alpha value is -4.28. The number of nitrogens with one attached hydrogen (secondary N) is 1. The van der Waals surface area contributed by atoms with Crippen LogP contribution in [-0.2, 0) is 0 Å². The minimum Gasteiger partial charge on any atom is -0.290 e. The minimum absolute atomic E-state index is 0.448. The van der Waals surface area contributed by atoms with E-state index in [4.69, 9.17) is 0 Å². The molecule has 0 aliphatic carbocycles. The number of anilines is 2. The second-order valence-electron chi connectivity index (χ2n) is 5.80. The molecule has 0 fully saturated rings. The Kier molecular flexibility index (Phi) is 4.73. The number of hydrazine groups is 1. The first-order chi connectivity index (χ1) is 13.3. The summed E-state index contributed by atoms with van der Waals surface area (Å²) < 4.78 is 0. The quantitative estimate of drug-likeness (QED) is 0.496. The molecule has 142 valence electrons. The average Bonchev–Trinajstić information content (AvgIpc) is 2.66. The van der Waals surface area contributed by atoms with Gasteiger partial charge in [0.15, 0.2) is 0 Å². The third-order valence-corrected chi connectivity index (χ3v) is 4.09. The molecular weight excluding hydrogens is 370 g/mol. The third kappa shape index (κ3) is 3.35. The van der Waals surface area contributed by atoms with E-state index in [1.54, 1.807) is 12.1 Å². The Morgan fingerprint density at radius 1 is 0.821 bits per heavy atom. The average molecular weight is 383 g/mol. The number of nitro benzene ring substituents is 3. The molecule has 3 aromatic rings. The van der Waals surface area contributed by atoms with Crippen LogP contribution in [0.4, 0.5) is 28.4 Å². The summed E-state index contributed by atoms with van der Waals surface area (Å²) in [6.07, 6.45) is 0. The Morgan fingerprint density at radius 2 is 1.39 bits per heavy atom. The highest BCUT2D eigenvalue weighted by Gasteiger charge is 2.31. The van der Waals surface area contributed by atoms with Crippen LogP contribution in [0.15, 0.2) is 54.6 Å². The Morgan fingerprint density at radius 3 is 1.96 bits per heavy atom. The Bertz CT molecular complexity index is 1080. The third-order valence-electron chi connectivity index (χ3n) is 4.09. The molecule has 0 aliphatic rings. The lowest BCUT2D eigenvalue weighted by Gasteiger charge is -2.22. The molecule has 0 heterocycles. The highest BCUT2D eigenvalue weighted by Crippen LogP contribution is 2.39. The van der Waals surface area contributed by atoms with Crippen molar-refractivity contribution >= 4 is 39.2 Å². The zero-order chi connectivity index (χ0) is 20.4. The van der Waals surface area contributed by atoms with E-state index in [1.165, 1.54) is 12.1 Å². The second-order valence-corrected chi connectivity index (χ2v) is 5.80. The van der Waals surface area contributed by atoms with Crippen LogP contribution >= 0.6 is 0 Å². The van der Waals surface area contributed by atoms with Gasteiger partial charge in [-0.05, 0) is 11.5 Å². The van der Waals surface area contributed by atoms with Gasteiger partial charge in [-0.15, -0.1) is 0 Å². The summed E-state index contributed by atoms with van der Waals surface area (Å²) >= 11 is 0. The zero-order valence-electron chi connectivity index (χ0n) is 14.4. The maximum absolute atomic E-state index is 11.4. The number of benzene rings is 3. The predicted octanol–water partition coefficient (Wildman–Crippen LogP) is 4.03. The molecule has 0 aliphatic heterocycles. The molecule has 11 heteroatoms. The van der Waals surface area contributed by atoms with E-state index in [0.717, 1.165) is 10.8 Å². The van der Waals surface area contributed by atoms with Crippen LogP contribution in [0.1, 0.15) is 0 Å². The van der Waals surface area contributed by atoms with Crippen molar-refractivity contribution in [2.75, 3.05) is 17.5 Å². The lowest BCUT2D eigenvalue weighted by atomic mass is 10.1.